The summed E-state index contributed by atoms with van der Waals surface area (Å²) >= 11 is 0. The maximum atomic E-state index is 11.5. The van der Waals surface area contributed by atoms with E-state index in [-0.39, 0.29) is 17.4 Å². The molecule has 15 heavy (non-hydrogen) atoms. The van der Waals surface area contributed by atoms with Crippen molar-refractivity contribution in [2.24, 2.45) is 0 Å². The monoisotopic (exact) mass is 209 g/mol. The van der Waals surface area contributed by atoms with Gasteiger partial charge in [-0.1, -0.05) is 0 Å². The molecule has 1 aromatic heterocycles. The molecular weight excluding hydrogens is 194 g/mol. The van der Waals surface area contributed by atoms with Gasteiger partial charge in [-0.25, -0.2) is 4.79 Å². The van der Waals surface area contributed by atoms with E-state index in [0.29, 0.717) is 11.4 Å². The first-order chi connectivity index (χ1) is 6.91. The van der Waals surface area contributed by atoms with E-state index in [1.807, 2.05) is 13.8 Å². The van der Waals surface area contributed by atoms with E-state index in [1.165, 1.54) is 6.92 Å². The van der Waals surface area contributed by atoms with Gasteiger partial charge in [-0.2, -0.15) is 0 Å². The van der Waals surface area contributed by atoms with Crippen molar-refractivity contribution in [3.63, 3.8) is 0 Å². The maximum Gasteiger partial charge on any atom is 0.348 e. The number of aryl methyl sites for hydroxylation is 1. The summed E-state index contributed by atoms with van der Waals surface area (Å²) in [6, 6.07) is 1.82. The molecule has 0 bridgehead atoms. The van der Waals surface area contributed by atoms with Crippen LogP contribution in [0.2, 0.25) is 0 Å². The number of hydrogen-bond donors (Lipinski definition) is 1. The van der Waals surface area contributed by atoms with Gasteiger partial charge in [-0.05, 0) is 27.7 Å². The van der Waals surface area contributed by atoms with Crippen LogP contribution in [0.4, 0.5) is 5.69 Å². The Kier molecular flexibility index (Phi) is 3.29. The van der Waals surface area contributed by atoms with Crippen molar-refractivity contribution in [2.45, 2.75) is 33.7 Å². The first kappa shape index (κ1) is 11.5. The highest BCUT2D eigenvalue weighted by atomic mass is 16.4. The van der Waals surface area contributed by atoms with Crippen molar-refractivity contribution >= 4 is 11.5 Å². The fourth-order valence-electron chi connectivity index (χ4n) is 1.37. The molecule has 0 amide bonds. The molecule has 0 radical (unpaired) electrons. The van der Waals surface area contributed by atoms with Gasteiger partial charge < -0.3 is 9.73 Å². The Morgan fingerprint density at radius 1 is 1.47 bits per heavy atom. The van der Waals surface area contributed by atoms with Crippen molar-refractivity contribution in [3.8, 4) is 0 Å². The van der Waals surface area contributed by atoms with E-state index in [2.05, 4.69) is 5.32 Å². The SMILES string of the molecule is CC(=O)c1c(NC(C)C)cc(C)oc1=O. The first-order valence-corrected chi connectivity index (χ1v) is 4.84. The summed E-state index contributed by atoms with van der Waals surface area (Å²) in [6.07, 6.45) is 0. The molecule has 0 saturated heterocycles. The highest BCUT2D eigenvalue weighted by Crippen LogP contribution is 2.15. The molecule has 4 nitrogen and oxygen atoms in total. The first-order valence-electron chi connectivity index (χ1n) is 4.84. The second-order valence-electron chi connectivity index (χ2n) is 3.79. The van der Waals surface area contributed by atoms with Crippen molar-refractivity contribution in [1.29, 1.82) is 0 Å². The Balaban J connectivity index is 3.33. The molecule has 0 aliphatic rings. The molecule has 0 unspecified atom stereocenters. The molecule has 0 fully saturated rings. The molecule has 4 heteroatoms. The number of anilines is 1. The van der Waals surface area contributed by atoms with Gasteiger partial charge in [0.2, 0.25) is 0 Å². The summed E-state index contributed by atoms with van der Waals surface area (Å²) in [7, 11) is 0. The van der Waals surface area contributed by atoms with Crippen molar-refractivity contribution in [3.05, 3.63) is 27.8 Å². The summed E-state index contributed by atoms with van der Waals surface area (Å²) in [4.78, 5) is 22.7. The molecule has 1 heterocycles. The highest BCUT2D eigenvalue weighted by molar-refractivity contribution is 5.99. The zero-order valence-corrected chi connectivity index (χ0v) is 9.38. The summed E-state index contributed by atoms with van der Waals surface area (Å²) in [6.45, 7) is 6.91. The molecule has 1 N–H and O–H groups in total. The van der Waals surface area contributed by atoms with Gasteiger partial charge in [0.05, 0.1) is 5.69 Å². The van der Waals surface area contributed by atoms with Crippen LogP contribution in [0.5, 0.6) is 0 Å². The van der Waals surface area contributed by atoms with Crippen LogP contribution in [-0.4, -0.2) is 11.8 Å². The molecule has 0 aromatic carbocycles. The van der Waals surface area contributed by atoms with Crippen LogP contribution in [0.15, 0.2) is 15.3 Å². The van der Waals surface area contributed by atoms with Crippen molar-refractivity contribution in [1.82, 2.24) is 0 Å². The lowest BCUT2D eigenvalue weighted by Gasteiger charge is -2.12. The summed E-state index contributed by atoms with van der Waals surface area (Å²) in [5.41, 5.74) is 0.0613. The predicted molar refractivity (Wildman–Crippen MR) is 58.5 cm³/mol. The molecule has 0 spiro atoms. The number of hydrogen-bond acceptors (Lipinski definition) is 4. The fraction of sp³-hybridized carbons (Fsp3) is 0.455. The minimum atomic E-state index is -0.578. The minimum absolute atomic E-state index is 0.0919. The average Bonchev–Trinajstić information content (AvgIpc) is 1.99. The average molecular weight is 209 g/mol. The van der Waals surface area contributed by atoms with Gasteiger partial charge in [0.15, 0.2) is 5.78 Å². The van der Waals surface area contributed by atoms with Gasteiger partial charge >= 0.3 is 5.63 Å². The number of rotatable bonds is 3. The van der Waals surface area contributed by atoms with Gasteiger partial charge in [0.25, 0.3) is 0 Å². The van der Waals surface area contributed by atoms with Crippen molar-refractivity contribution in [2.75, 3.05) is 5.32 Å². The third kappa shape index (κ3) is 2.68. The van der Waals surface area contributed by atoms with Crippen LogP contribution in [-0.2, 0) is 0 Å². The smallest absolute Gasteiger partial charge is 0.348 e. The second-order valence-corrected chi connectivity index (χ2v) is 3.79. The number of carbonyl (C=O) groups excluding carboxylic acids is 1. The van der Waals surface area contributed by atoms with Crippen LogP contribution in [0, 0.1) is 6.92 Å². The highest BCUT2D eigenvalue weighted by Gasteiger charge is 2.15. The maximum absolute atomic E-state index is 11.5. The van der Waals surface area contributed by atoms with Crippen LogP contribution in [0.25, 0.3) is 0 Å². The van der Waals surface area contributed by atoms with Crippen LogP contribution in [0.1, 0.15) is 36.9 Å². The predicted octanol–water partition coefficient (Wildman–Crippen LogP) is 1.97. The zero-order chi connectivity index (χ0) is 11.6. The lowest BCUT2D eigenvalue weighted by molar-refractivity contribution is 0.101. The summed E-state index contributed by atoms with van der Waals surface area (Å²) in [5, 5.41) is 3.06. The van der Waals surface area contributed by atoms with Gasteiger partial charge in [0, 0.05) is 12.1 Å². The Morgan fingerprint density at radius 2 is 2.07 bits per heavy atom. The molecule has 1 aromatic rings. The minimum Gasteiger partial charge on any atom is -0.428 e. The third-order valence-corrected chi connectivity index (χ3v) is 1.87. The largest absolute Gasteiger partial charge is 0.428 e. The second kappa shape index (κ2) is 4.29. The Bertz CT molecular complexity index is 432. The van der Waals surface area contributed by atoms with Gasteiger partial charge in [-0.15, -0.1) is 0 Å². The molecular formula is C11H15NO3. The number of carbonyl (C=O) groups is 1. The number of nitrogens with one attached hydrogen (secondary N) is 1. The summed E-state index contributed by atoms with van der Waals surface area (Å²) in [5.74, 6) is 0.208. The Hall–Kier alpha value is -1.58. The van der Waals surface area contributed by atoms with Gasteiger partial charge in [-0.3, -0.25) is 4.79 Å². The van der Waals surface area contributed by atoms with E-state index in [9.17, 15) is 9.59 Å². The van der Waals surface area contributed by atoms with Crippen molar-refractivity contribution < 1.29 is 9.21 Å². The lowest BCUT2D eigenvalue weighted by atomic mass is 10.1. The van der Waals surface area contributed by atoms with E-state index < -0.39 is 5.63 Å². The Labute approximate surface area is 88.3 Å². The molecule has 82 valence electrons. The Morgan fingerprint density at radius 3 is 2.53 bits per heavy atom. The van der Waals surface area contributed by atoms with E-state index in [0.717, 1.165) is 0 Å². The van der Waals surface area contributed by atoms with E-state index >= 15 is 0 Å². The van der Waals surface area contributed by atoms with E-state index in [4.69, 9.17) is 4.42 Å². The number of ketones is 1. The van der Waals surface area contributed by atoms with Crippen LogP contribution >= 0.6 is 0 Å². The standard InChI is InChI=1S/C11H15NO3/c1-6(2)12-9-5-7(3)15-11(14)10(9)8(4)13/h5-6,12H,1-4H3. The summed E-state index contributed by atoms with van der Waals surface area (Å²) < 4.78 is 4.88. The van der Waals surface area contributed by atoms with Gasteiger partial charge in [0.1, 0.15) is 11.3 Å². The molecule has 0 atom stereocenters. The molecule has 0 saturated carbocycles. The molecule has 1 rings (SSSR count). The van der Waals surface area contributed by atoms with Crippen LogP contribution in [0.3, 0.4) is 0 Å². The number of Topliss-reactive ketones (excluding diaryl/α,β-unsaturated/α-hetero) is 1. The third-order valence-electron chi connectivity index (χ3n) is 1.87. The quantitative estimate of drug-likeness (QED) is 0.773. The lowest BCUT2D eigenvalue weighted by Crippen LogP contribution is -2.19. The van der Waals surface area contributed by atoms with E-state index in [1.54, 1.807) is 13.0 Å². The fourth-order valence-corrected chi connectivity index (χ4v) is 1.37. The van der Waals surface area contributed by atoms with Crippen LogP contribution < -0.4 is 10.9 Å². The topological polar surface area (TPSA) is 59.3 Å². The molecule has 0 aliphatic carbocycles. The normalized spacial score (nSPS) is 10.5. The zero-order valence-electron chi connectivity index (χ0n) is 9.38. The molecule has 0 aliphatic heterocycles.